The molecule has 2 atom stereocenters. The Morgan fingerprint density at radius 1 is 1.29 bits per heavy atom. The molecule has 4 heteroatoms. The minimum Gasteiger partial charge on any atom is -0.490 e. The molecular formula is C17H26FNO2. The van der Waals surface area contributed by atoms with Gasteiger partial charge in [-0.05, 0) is 50.4 Å². The van der Waals surface area contributed by atoms with Crippen molar-refractivity contribution in [2.24, 2.45) is 0 Å². The van der Waals surface area contributed by atoms with Crippen LogP contribution in [0.1, 0.15) is 44.6 Å². The van der Waals surface area contributed by atoms with E-state index in [0.29, 0.717) is 6.54 Å². The van der Waals surface area contributed by atoms with Gasteiger partial charge in [0, 0.05) is 25.6 Å². The van der Waals surface area contributed by atoms with E-state index in [-0.39, 0.29) is 18.0 Å². The van der Waals surface area contributed by atoms with Crippen LogP contribution in [0.5, 0.6) is 5.75 Å². The number of nitrogens with one attached hydrogen (secondary N) is 1. The zero-order valence-electron chi connectivity index (χ0n) is 13.0. The molecule has 1 aliphatic carbocycles. The predicted octanol–water partition coefficient (Wildman–Crippen LogP) is 3.66. The summed E-state index contributed by atoms with van der Waals surface area (Å²) in [6, 6.07) is 4.78. The Labute approximate surface area is 126 Å². The van der Waals surface area contributed by atoms with Crippen molar-refractivity contribution in [1.29, 1.82) is 0 Å². The molecule has 0 amide bonds. The highest BCUT2D eigenvalue weighted by Crippen LogP contribution is 2.27. The van der Waals surface area contributed by atoms with Gasteiger partial charge in [0.15, 0.2) is 0 Å². The van der Waals surface area contributed by atoms with Gasteiger partial charge < -0.3 is 14.8 Å². The van der Waals surface area contributed by atoms with Crippen LogP contribution in [-0.2, 0) is 11.3 Å². The van der Waals surface area contributed by atoms with Gasteiger partial charge in [0.1, 0.15) is 17.7 Å². The Balaban J connectivity index is 2.00. The fourth-order valence-corrected chi connectivity index (χ4v) is 2.80. The van der Waals surface area contributed by atoms with Crippen LogP contribution in [0.25, 0.3) is 0 Å². The first-order chi connectivity index (χ1) is 10.2. The van der Waals surface area contributed by atoms with E-state index in [1.165, 1.54) is 6.07 Å². The number of benzene rings is 1. The average Bonchev–Trinajstić information content (AvgIpc) is 2.50. The molecule has 0 saturated heterocycles. The summed E-state index contributed by atoms with van der Waals surface area (Å²) in [7, 11) is 1.75. The summed E-state index contributed by atoms with van der Waals surface area (Å²) in [6.45, 7) is 3.68. The molecule has 0 spiro atoms. The van der Waals surface area contributed by atoms with Crippen molar-refractivity contribution in [3.63, 3.8) is 0 Å². The van der Waals surface area contributed by atoms with Crippen LogP contribution in [0.15, 0.2) is 18.2 Å². The van der Waals surface area contributed by atoms with Gasteiger partial charge in [-0.2, -0.15) is 0 Å². The van der Waals surface area contributed by atoms with Gasteiger partial charge in [0.05, 0.1) is 6.10 Å². The van der Waals surface area contributed by atoms with Gasteiger partial charge in [-0.1, -0.05) is 6.92 Å². The summed E-state index contributed by atoms with van der Waals surface area (Å²) in [4.78, 5) is 0. The zero-order chi connectivity index (χ0) is 15.1. The maximum Gasteiger partial charge on any atom is 0.124 e. The summed E-state index contributed by atoms with van der Waals surface area (Å²) < 4.78 is 25.0. The molecule has 21 heavy (non-hydrogen) atoms. The molecular weight excluding hydrogens is 269 g/mol. The minimum absolute atomic E-state index is 0.166. The van der Waals surface area contributed by atoms with Crippen molar-refractivity contribution in [2.75, 3.05) is 13.7 Å². The third kappa shape index (κ3) is 4.97. The second kappa shape index (κ2) is 8.35. The van der Waals surface area contributed by atoms with E-state index in [2.05, 4.69) is 12.2 Å². The summed E-state index contributed by atoms with van der Waals surface area (Å²) in [5, 5.41) is 3.30. The summed E-state index contributed by atoms with van der Waals surface area (Å²) >= 11 is 0. The molecule has 1 aromatic carbocycles. The number of halogens is 1. The molecule has 1 aromatic rings. The normalized spacial score (nSPS) is 22.2. The maximum atomic E-state index is 13.4. The predicted molar refractivity (Wildman–Crippen MR) is 82.1 cm³/mol. The lowest BCUT2D eigenvalue weighted by Gasteiger charge is -2.29. The summed E-state index contributed by atoms with van der Waals surface area (Å²) in [6.07, 6.45) is 5.68. The summed E-state index contributed by atoms with van der Waals surface area (Å²) in [5.74, 6) is 0.579. The van der Waals surface area contributed by atoms with E-state index in [0.717, 1.165) is 50.0 Å². The summed E-state index contributed by atoms with van der Waals surface area (Å²) in [5.41, 5.74) is 0.892. The molecule has 0 heterocycles. The molecule has 1 N–H and O–H groups in total. The fourth-order valence-electron chi connectivity index (χ4n) is 2.80. The topological polar surface area (TPSA) is 30.5 Å². The lowest BCUT2D eigenvalue weighted by Crippen LogP contribution is -2.30. The van der Waals surface area contributed by atoms with Crippen LogP contribution in [0, 0.1) is 5.82 Å². The lowest BCUT2D eigenvalue weighted by molar-refractivity contribution is 0.0206. The highest BCUT2D eigenvalue weighted by atomic mass is 19.1. The van der Waals surface area contributed by atoms with E-state index in [9.17, 15) is 4.39 Å². The van der Waals surface area contributed by atoms with Crippen molar-refractivity contribution >= 4 is 0 Å². The van der Waals surface area contributed by atoms with Crippen LogP contribution in [0.3, 0.4) is 0 Å². The standard InChI is InChI=1S/C17H26FNO2/c1-3-9-19-12-13-10-14(18)7-8-17(13)21-16-6-4-5-15(11-16)20-2/h7-8,10,15-16,19H,3-6,9,11-12H2,1-2H3. The van der Waals surface area contributed by atoms with E-state index >= 15 is 0 Å². The van der Waals surface area contributed by atoms with Gasteiger partial charge in [-0.25, -0.2) is 4.39 Å². The molecule has 0 bridgehead atoms. The number of ether oxygens (including phenoxy) is 2. The van der Waals surface area contributed by atoms with E-state index in [1.54, 1.807) is 19.2 Å². The van der Waals surface area contributed by atoms with Gasteiger partial charge >= 0.3 is 0 Å². The molecule has 118 valence electrons. The van der Waals surface area contributed by atoms with Crippen LogP contribution in [0.2, 0.25) is 0 Å². The molecule has 3 nitrogen and oxygen atoms in total. The van der Waals surface area contributed by atoms with Gasteiger partial charge in [0.25, 0.3) is 0 Å². The van der Waals surface area contributed by atoms with Crippen molar-refractivity contribution in [2.45, 2.75) is 57.8 Å². The highest BCUT2D eigenvalue weighted by Gasteiger charge is 2.23. The van der Waals surface area contributed by atoms with Crippen LogP contribution in [0.4, 0.5) is 4.39 Å². The van der Waals surface area contributed by atoms with Gasteiger partial charge in [0.2, 0.25) is 0 Å². The average molecular weight is 295 g/mol. The van der Waals surface area contributed by atoms with Crippen molar-refractivity contribution in [1.82, 2.24) is 5.32 Å². The van der Waals surface area contributed by atoms with Gasteiger partial charge in [-0.15, -0.1) is 0 Å². The lowest BCUT2D eigenvalue weighted by atomic mass is 9.95. The molecule has 0 aromatic heterocycles. The van der Waals surface area contributed by atoms with E-state index in [4.69, 9.17) is 9.47 Å². The second-order valence-corrected chi connectivity index (χ2v) is 5.69. The Hall–Kier alpha value is -1.13. The number of hydrogen-bond acceptors (Lipinski definition) is 3. The molecule has 2 unspecified atom stereocenters. The van der Waals surface area contributed by atoms with Crippen LogP contribution < -0.4 is 10.1 Å². The smallest absolute Gasteiger partial charge is 0.124 e. The molecule has 1 saturated carbocycles. The monoisotopic (exact) mass is 295 g/mol. The first-order valence-corrected chi connectivity index (χ1v) is 7.91. The fraction of sp³-hybridized carbons (Fsp3) is 0.647. The number of hydrogen-bond donors (Lipinski definition) is 1. The van der Waals surface area contributed by atoms with Crippen LogP contribution >= 0.6 is 0 Å². The van der Waals surface area contributed by atoms with Crippen molar-refractivity contribution in [3.8, 4) is 5.75 Å². The third-order valence-corrected chi connectivity index (χ3v) is 3.97. The Morgan fingerprint density at radius 3 is 2.86 bits per heavy atom. The van der Waals surface area contributed by atoms with Crippen molar-refractivity contribution in [3.05, 3.63) is 29.6 Å². The highest BCUT2D eigenvalue weighted by molar-refractivity contribution is 5.34. The third-order valence-electron chi connectivity index (χ3n) is 3.97. The first-order valence-electron chi connectivity index (χ1n) is 7.91. The number of rotatable bonds is 7. The maximum absolute atomic E-state index is 13.4. The first kappa shape index (κ1) is 16.2. The van der Waals surface area contributed by atoms with E-state index < -0.39 is 0 Å². The number of methoxy groups -OCH3 is 1. The zero-order valence-corrected chi connectivity index (χ0v) is 13.0. The SMILES string of the molecule is CCCNCc1cc(F)ccc1OC1CCCC(OC)C1. The molecule has 0 aliphatic heterocycles. The molecule has 1 aliphatic rings. The minimum atomic E-state index is -0.214. The Kier molecular flexibility index (Phi) is 6.46. The Morgan fingerprint density at radius 2 is 2.10 bits per heavy atom. The van der Waals surface area contributed by atoms with Crippen molar-refractivity contribution < 1.29 is 13.9 Å². The molecule has 0 radical (unpaired) electrons. The van der Waals surface area contributed by atoms with E-state index in [1.807, 2.05) is 0 Å². The quantitative estimate of drug-likeness (QED) is 0.779. The Bertz CT molecular complexity index is 439. The largest absolute Gasteiger partial charge is 0.490 e. The molecule has 1 fully saturated rings. The molecule has 2 rings (SSSR count). The van der Waals surface area contributed by atoms with Gasteiger partial charge in [-0.3, -0.25) is 0 Å². The second-order valence-electron chi connectivity index (χ2n) is 5.69. The van der Waals surface area contributed by atoms with Crippen LogP contribution in [-0.4, -0.2) is 25.9 Å².